The molecule has 0 spiro atoms. The number of ether oxygens (including phenoxy) is 2. The average Bonchev–Trinajstić information content (AvgIpc) is 3.06. The van der Waals surface area contributed by atoms with Crippen LogP contribution >= 0.6 is 0 Å². The Morgan fingerprint density at radius 3 is 2.55 bits per heavy atom. The number of hydrogen-bond acceptors (Lipinski definition) is 7. The molecule has 0 unspecified atom stereocenters. The number of carbonyl (C=O) groups excluding carboxylic acids is 1. The van der Waals surface area contributed by atoms with E-state index in [1.165, 1.54) is 12.1 Å². The van der Waals surface area contributed by atoms with Crippen molar-refractivity contribution in [1.82, 2.24) is 0 Å². The van der Waals surface area contributed by atoms with Crippen molar-refractivity contribution in [3.8, 4) is 11.5 Å². The summed E-state index contributed by atoms with van der Waals surface area (Å²) >= 11 is 0. The number of nitro groups is 1. The topological polar surface area (TPSA) is 100 Å². The standard InChI is InChI=1S/C23H22N2O6/c1-4-6-18-11-17(12-20-15(3)24-31-23(20)26)13-21(29-5-2)22(18)30-14-16-7-9-19(10-8-16)25(27)28/h4,7-13H,1,5-6,14H2,2-3H3/b20-12-. The number of hydrogen-bond donors (Lipinski definition) is 0. The molecule has 2 aromatic carbocycles. The fourth-order valence-corrected chi connectivity index (χ4v) is 3.06. The summed E-state index contributed by atoms with van der Waals surface area (Å²) in [5, 5.41) is 14.5. The highest BCUT2D eigenvalue weighted by Gasteiger charge is 2.22. The second-order valence-corrected chi connectivity index (χ2v) is 6.76. The van der Waals surface area contributed by atoms with Gasteiger partial charge in [-0.3, -0.25) is 10.1 Å². The summed E-state index contributed by atoms with van der Waals surface area (Å²) in [4.78, 5) is 27.0. The van der Waals surface area contributed by atoms with Crippen molar-refractivity contribution in [3.63, 3.8) is 0 Å². The molecule has 2 aromatic rings. The van der Waals surface area contributed by atoms with Crippen LogP contribution < -0.4 is 9.47 Å². The number of nitrogens with zero attached hydrogens (tertiary/aromatic N) is 2. The van der Waals surface area contributed by atoms with Gasteiger partial charge in [0, 0.05) is 17.7 Å². The fourth-order valence-electron chi connectivity index (χ4n) is 3.06. The van der Waals surface area contributed by atoms with Crippen LogP contribution in [-0.2, 0) is 22.7 Å². The molecule has 1 aliphatic heterocycles. The van der Waals surface area contributed by atoms with Gasteiger partial charge in [0.1, 0.15) is 6.61 Å². The molecule has 0 atom stereocenters. The van der Waals surface area contributed by atoms with E-state index in [2.05, 4.69) is 11.7 Å². The van der Waals surface area contributed by atoms with E-state index in [1.54, 1.807) is 37.3 Å². The van der Waals surface area contributed by atoms with Crippen molar-refractivity contribution in [2.45, 2.75) is 26.9 Å². The Hall–Kier alpha value is -3.94. The Labute approximate surface area is 179 Å². The molecule has 0 bridgehead atoms. The molecular weight excluding hydrogens is 400 g/mol. The summed E-state index contributed by atoms with van der Waals surface area (Å²) in [5.74, 6) is 0.581. The van der Waals surface area contributed by atoms with Gasteiger partial charge in [0.2, 0.25) is 0 Å². The number of carbonyl (C=O) groups is 1. The zero-order valence-electron chi connectivity index (χ0n) is 17.3. The molecule has 3 rings (SSSR count). The normalized spacial score (nSPS) is 14.2. The molecule has 0 aliphatic carbocycles. The van der Waals surface area contributed by atoms with Gasteiger partial charge < -0.3 is 14.3 Å². The first-order chi connectivity index (χ1) is 14.9. The van der Waals surface area contributed by atoms with Gasteiger partial charge in [-0.1, -0.05) is 11.2 Å². The Kier molecular flexibility index (Phi) is 6.81. The smallest absolute Gasteiger partial charge is 0.367 e. The molecule has 0 saturated heterocycles. The van der Waals surface area contributed by atoms with E-state index in [0.29, 0.717) is 35.8 Å². The predicted octanol–water partition coefficient (Wildman–Crippen LogP) is 4.62. The zero-order chi connectivity index (χ0) is 22.4. The Morgan fingerprint density at radius 2 is 1.97 bits per heavy atom. The van der Waals surface area contributed by atoms with Gasteiger partial charge in [-0.2, -0.15) is 0 Å². The van der Waals surface area contributed by atoms with Gasteiger partial charge in [0.05, 0.1) is 22.8 Å². The second-order valence-electron chi connectivity index (χ2n) is 6.76. The van der Waals surface area contributed by atoms with E-state index in [9.17, 15) is 14.9 Å². The molecule has 0 radical (unpaired) electrons. The molecule has 0 fully saturated rings. The van der Waals surface area contributed by atoms with Crippen LogP contribution in [0.5, 0.6) is 11.5 Å². The van der Waals surface area contributed by atoms with E-state index in [0.717, 1.165) is 16.7 Å². The van der Waals surface area contributed by atoms with E-state index in [-0.39, 0.29) is 12.3 Å². The third-order valence-electron chi connectivity index (χ3n) is 4.53. The van der Waals surface area contributed by atoms with E-state index >= 15 is 0 Å². The first-order valence-electron chi connectivity index (χ1n) is 9.67. The van der Waals surface area contributed by atoms with E-state index in [4.69, 9.17) is 14.3 Å². The molecular formula is C23H22N2O6. The van der Waals surface area contributed by atoms with Gasteiger partial charge in [-0.05, 0) is 61.7 Å². The molecule has 1 heterocycles. The molecule has 8 nitrogen and oxygen atoms in total. The Bertz CT molecular complexity index is 1070. The molecule has 1 aliphatic rings. The van der Waals surface area contributed by atoms with Gasteiger partial charge in [0.15, 0.2) is 11.5 Å². The van der Waals surface area contributed by atoms with Gasteiger partial charge in [-0.25, -0.2) is 4.79 Å². The molecule has 31 heavy (non-hydrogen) atoms. The van der Waals surface area contributed by atoms with Crippen molar-refractivity contribution < 1.29 is 24.0 Å². The maximum atomic E-state index is 11.9. The van der Waals surface area contributed by atoms with Gasteiger partial charge in [0.25, 0.3) is 5.69 Å². The Balaban J connectivity index is 1.93. The van der Waals surface area contributed by atoms with Gasteiger partial charge >= 0.3 is 5.97 Å². The Morgan fingerprint density at radius 1 is 1.23 bits per heavy atom. The van der Waals surface area contributed by atoms with Crippen molar-refractivity contribution >= 4 is 23.4 Å². The van der Waals surface area contributed by atoms with Crippen LogP contribution in [-0.4, -0.2) is 23.2 Å². The molecule has 0 saturated carbocycles. The first kappa shape index (κ1) is 21.8. The minimum absolute atomic E-state index is 0.0211. The van der Waals surface area contributed by atoms with Crippen LogP contribution in [0.25, 0.3) is 6.08 Å². The van der Waals surface area contributed by atoms with Crippen molar-refractivity contribution in [1.29, 1.82) is 0 Å². The molecule has 0 aromatic heterocycles. The lowest BCUT2D eigenvalue weighted by molar-refractivity contribution is -0.384. The third-order valence-corrected chi connectivity index (χ3v) is 4.53. The van der Waals surface area contributed by atoms with Crippen molar-refractivity contribution in [2.24, 2.45) is 5.16 Å². The summed E-state index contributed by atoms with van der Waals surface area (Å²) in [6, 6.07) is 9.85. The lowest BCUT2D eigenvalue weighted by Gasteiger charge is -2.17. The summed E-state index contributed by atoms with van der Waals surface area (Å²) < 4.78 is 11.8. The maximum absolute atomic E-state index is 11.9. The number of rotatable bonds is 9. The monoisotopic (exact) mass is 422 g/mol. The SMILES string of the molecule is C=CCc1cc(/C=C2\C(=O)ON=C2C)cc(OCC)c1OCc1ccc([N+](=O)[O-])cc1. The molecule has 0 amide bonds. The molecule has 0 N–H and O–H groups in total. The van der Waals surface area contributed by atoms with E-state index < -0.39 is 10.9 Å². The molecule has 160 valence electrons. The zero-order valence-corrected chi connectivity index (χ0v) is 17.3. The summed E-state index contributed by atoms with van der Waals surface area (Å²) in [6.45, 7) is 8.00. The summed E-state index contributed by atoms with van der Waals surface area (Å²) in [5.41, 5.74) is 3.26. The minimum atomic E-state index is -0.501. The van der Waals surface area contributed by atoms with Gasteiger partial charge in [-0.15, -0.1) is 6.58 Å². The molecule has 8 heteroatoms. The summed E-state index contributed by atoms with van der Waals surface area (Å²) in [6.07, 6.45) is 3.96. The first-order valence-corrected chi connectivity index (χ1v) is 9.67. The number of oxime groups is 1. The predicted molar refractivity (Wildman–Crippen MR) is 116 cm³/mol. The number of benzene rings is 2. The number of nitro benzene ring substituents is 1. The van der Waals surface area contributed by atoms with Crippen LogP contribution in [0.3, 0.4) is 0 Å². The third kappa shape index (κ3) is 5.16. The lowest BCUT2D eigenvalue weighted by Crippen LogP contribution is -2.05. The minimum Gasteiger partial charge on any atom is -0.490 e. The van der Waals surface area contributed by atoms with Crippen molar-refractivity contribution in [2.75, 3.05) is 6.61 Å². The number of non-ortho nitro benzene ring substituents is 1. The van der Waals surface area contributed by atoms with Crippen LogP contribution in [0.2, 0.25) is 0 Å². The fraction of sp³-hybridized carbons (Fsp3) is 0.217. The van der Waals surface area contributed by atoms with Crippen LogP contribution in [0.15, 0.2) is 59.8 Å². The highest BCUT2D eigenvalue weighted by atomic mass is 16.7. The maximum Gasteiger partial charge on any atom is 0.367 e. The van der Waals surface area contributed by atoms with Crippen LogP contribution in [0.1, 0.15) is 30.5 Å². The summed E-state index contributed by atoms with van der Waals surface area (Å²) in [7, 11) is 0. The van der Waals surface area contributed by atoms with E-state index in [1.807, 2.05) is 13.0 Å². The highest BCUT2D eigenvalue weighted by molar-refractivity contribution is 6.24. The lowest BCUT2D eigenvalue weighted by atomic mass is 10.0. The quantitative estimate of drug-likeness (QED) is 0.192. The van der Waals surface area contributed by atoms with Crippen LogP contribution in [0.4, 0.5) is 5.69 Å². The van der Waals surface area contributed by atoms with Crippen molar-refractivity contribution in [3.05, 3.63) is 81.4 Å². The highest BCUT2D eigenvalue weighted by Crippen LogP contribution is 2.35. The average molecular weight is 422 g/mol. The second kappa shape index (κ2) is 9.71. The van der Waals surface area contributed by atoms with Crippen LogP contribution in [0, 0.1) is 10.1 Å². The number of allylic oxidation sites excluding steroid dienone is 1. The largest absolute Gasteiger partial charge is 0.490 e.